The van der Waals surface area contributed by atoms with Gasteiger partial charge < -0.3 is 19.9 Å². The van der Waals surface area contributed by atoms with Gasteiger partial charge in [0.25, 0.3) is 5.91 Å². The standard InChI is InChI=1S/C13H17N5O3/c1-15(2)7-9-8-16(3)13(19)10(9)5-11-14-6-12(17(11)4)18(20)21/h5-7H,8H2,1-4H3/b9-7+,10-5-. The first-order chi connectivity index (χ1) is 9.81. The van der Waals surface area contributed by atoms with Crippen molar-refractivity contribution in [1.29, 1.82) is 0 Å². The lowest BCUT2D eigenvalue weighted by Crippen LogP contribution is -2.19. The zero-order valence-electron chi connectivity index (χ0n) is 12.4. The third-order valence-corrected chi connectivity index (χ3v) is 3.20. The minimum atomic E-state index is -0.506. The number of amides is 1. The van der Waals surface area contributed by atoms with Gasteiger partial charge in [-0.15, -0.1) is 0 Å². The fourth-order valence-electron chi connectivity index (χ4n) is 2.18. The summed E-state index contributed by atoms with van der Waals surface area (Å²) < 4.78 is 1.35. The first kappa shape index (κ1) is 14.8. The minimum absolute atomic E-state index is 0.112. The summed E-state index contributed by atoms with van der Waals surface area (Å²) in [7, 11) is 7.02. The molecule has 1 amide bonds. The van der Waals surface area contributed by atoms with Gasteiger partial charge in [-0.1, -0.05) is 0 Å². The third-order valence-electron chi connectivity index (χ3n) is 3.20. The van der Waals surface area contributed by atoms with Gasteiger partial charge in [0, 0.05) is 45.5 Å². The van der Waals surface area contributed by atoms with Crippen LogP contribution in [0.4, 0.5) is 5.82 Å². The number of aromatic nitrogens is 2. The van der Waals surface area contributed by atoms with E-state index < -0.39 is 4.92 Å². The highest BCUT2D eigenvalue weighted by molar-refractivity contribution is 6.04. The molecule has 1 aromatic heterocycles. The summed E-state index contributed by atoms with van der Waals surface area (Å²) in [5.74, 6) is 0.151. The van der Waals surface area contributed by atoms with E-state index in [9.17, 15) is 14.9 Å². The second-order valence-corrected chi connectivity index (χ2v) is 5.13. The van der Waals surface area contributed by atoms with Crippen LogP contribution in [0.1, 0.15) is 5.82 Å². The molecule has 1 fully saturated rings. The third kappa shape index (κ3) is 2.78. The Kier molecular flexibility index (Phi) is 3.79. The van der Waals surface area contributed by atoms with Crippen LogP contribution in [0.5, 0.6) is 0 Å². The van der Waals surface area contributed by atoms with E-state index >= 15 is 0 Å². The molecule has 0 aromatic carbocycles. The zero-order chi connectivity index (χ0) is 15.7. The summed E-state index contributed by atoms with van der Waals surface area (Å²) in [6.45, 7) is 0.509. The number of likely N-dealkylation sites (N-methyl/N-ethyl adjacent to an activating group) is 1. The largest absolute Gasteiger partial charge is 0.383 e. The van der Waals surface area contributed by atoms with E-state index in [-0.39, 0.29) is 11.7 Å². The number of imidazole rings is 1. The molecule has 0 radical (unpaired) electrons. The van der Waals surface area contributed by atoms with Crippen LogP contribution in [-0.4, -0.2) is 57.9 Å². The SMILES string of the molecule is CN(C)/C=C1\CN(C)C(=O)\C1=C/c1ncc([N+](=O)[O-])n1C. The molecule has 1 aliphatic heterocycles. The predicted molar refractivity (Wildman–Crippen MR) is 77.2 cm³/mol. The molecular weight excluding hydrogens is 274 g/mol. The second kappa shape index (κ2) is 5.39. The monoisotopic (exact) mass is 291 g/mol. The predicted octanol–water partition coefficient (Wildman–Crippen LogP) is 0.629. The Bertz CT molecular complexity index is 657. The fourth-order valence-corrected chi connectivity index (χ4v) is 2.18. The Labute approximate surface area is 122 Å². The van der Waals surface area contributed by atoms with Crippen LogP contribution in [0.25, 0.3) is 6.08 Å². The Hall–Kier alpha value is -2.64. The van der Waals surface area contributed by atoms with E-state index in [1.807, 2.05) is 25.2 Å². The maximum atomic E-state index is 12.2. The number of nitrogens with zero attached hydrogens (tertiary/aromatic N) is 5. The van der Waals surface area contributed by atoms with E-state index in [2.05, 4.69) is 4.98 Å². The van der Waals surface area contributed by atoms with Crippen molar-refractivity contribution >= 4 is 17.8 Å². The first-order valence-corrected chi connectivity index (χ1v) is 6.32. The fraction of sp³-hybridized carbons (Fsp3) is 0.385. The van der Waals surface area contributed by atoms with Crippen molar-refractivity contribution in [3.8, 4) is 0 Å². The van der Waals surface area contributed by atoms with Gasteiger partial charge in [0.1, 0.15) is 6.20 Å². The van der Waals surface area contributed by atoms with E-state index in [0.717, 1.165) is 5.57 Å². The Morgan fingerprint density at radius 2 is 2.10 bits per heavy atom. The van der Waals surface area contributed by atoms with E-state index in [0.29, 0.717) is 17.9 Å². The van der Waals surface area contributed by atoms with Crippen molar-refractivity contribution in [3.63, 3.8) is 0 Å². The molecule has 0 aliphatic carbocycles. The topological polar surface area (TPSA) is 84.5 Å². The van der Waals surface area contributed by atoms with Gasteiger partial charge in [0.15, 0.2) is 0 Å². The molecule has 0 atom stereocenters. The summed E-state index contributed by atoms with van der Waals surface area (Å²) in [5, 5.41) is 10.8. The molecule has 112 valence electrons. The number of likely N-dealkylation sites (tertiary alicyclic amines) is 1. The number of rotatable bonds is 3. The lowest BCUT2D eigenvalue weighted by molar-refractivity contribution is -0.391. The smallest absolute Gasteiger partial charge is 0.342 e. The van der Waals surface area contributed by atoms with E-state index in [4.69, 9.17) is 0 Å². The van der Waals surface area contributed by atoms with E-state index in [1.54, 1.807) is 25.1 Å². The van der Waals surface area contributed by atoms with Crippen molar-refractivity contribution in [2.45, 2.75) is 0 Å². The molecule has 1 aliphatic rings. The van der Waals surface area contributed by atoms with Gasteiger partial charge in [-0.2, -0.15) is 0 Å². The molecule has 1 saturated heterocycles. The minimum Gasteiger partial charge on any atom is -0.383 e. The van der Waals surface area contributed by atoms with Crippen LogP contribution in [-0.2, 0) is 11.8 Å². The quantitative estimate of drug-likeness (QED) is 0.463. The van der Waals surface area contributed by atoms with Gasteiger partial charge in [0.05, 0.1) is 12.6 Å². The highest BCUT2D eigenvalue weighted by atomic mass is 16.6. The second-order valence-electron chi connectivity index (χ2n) is 5.13. The number of hydrogen-bond acceptors (Lipinski definition) is 5. The summed E-state index contributed by atoms with van der Waals surface area (Å²) in [4.78, 5) is 30.0. The van der Waals surface area contributed by atoms with Crippen LogP contribution in [0.15, 0.2) is 23.5 Å². The van der Waals surface area contributed by atoms with Gasteiger partial charge >= 0.3 is 5.82 Å². The summed E-state index contributed by atoms with van der Waals surface area (Å²) in [5.41, 5.74) is 1.37. The summed E-state index contributed by atoms with van der Waals surface area (Å²) in [6, 6.07) is 0. The molecule has 2 heterocycles. The molecule has 8 heteroatoms. The van der Waals surface area contributed by atoms with Crippen molar-refractivity contribution < 1.29 is 9.72 Å². The summed E-state index contributed by atoms with van der Waals surface area (Å²) >= 11 is 0. The molecule has 0 spiro atoms. The lowest BCUT2D eigenvalue weighted by atomic mass is 10.1. The van der Waals surface area contributed by atoms with E-state index in [1.165, 1.54) is 10.8 Å². The zero-order valence-corrected chi connectivity index (χ0v) is 12.4. The van der Waals surface area contributed by atoms with Gasteiger partial charge in [-0.05, 0) is 4.92 Å². The highest BCUT2D eigenvalue weighted by Crippen LogP contribution is 2.25. The maximum Gasteiger partial charge on any atom is 0.342 e. The van der Waals surface area contributed by atoms with Crippen LogP contribution >= 0.6 is 0 Å². The maximum absolute atomic E-state index is 12.2. The van der Waals surface area contributed by atoms with Crippen molar-refractivity contribution in [2.24, 2.45) is 7.05 Å². The lowest BCUT2D eigenvalue weighted by Gasteiger charge is -2.07. The van der Waals surface area contributed by atoms with Crippen molar-refractivity contribution in [3.05, 3.63) is 39.5 Å². The van der Waals surface area contributed by atoms with Gasteiger partial charge in [-0.3, -0.25) is 4.79 Å². The first-order valence-electron chi connectivity index (χ1n) is 6.32. The molecule has 1 aromatic rings. The Morgan fingerprint density at radius 1 is 1.43 bits per heavy atom. The molecular formula is C13H17N5O3. The number of carbonyl (C=O) groups is 1. The molecule has 2 rings (SSSR count). The van der Waals surface area contributed by atoms with Crippen LogP contribution in [0.2, 0.25) is 0 Å². The molecule has 0 unspecified atom stereocenters. The molecule has 0 N–H and O–H groups in total. The van der Waals surface area contributed by atoms with Crippen LogP contribution in [0.3, 0.4) is 0 Å². The molecule has 0 bridgehead atoms. The average molecular weight is 291 g/mol. The molecule has 21 heavy (non-hydrogen) atoms. The van der Waals surface area contributed by atoms with Crippen molar-refractivity contribution in [1.82, 2.24) is 19.4 Å². The number of carbonyl (C=O) groups excluding carboxylic acids is 1. The number of hydrogen-bond donors (Lipinski definition) is 0. The molecule has 8 nitrogen and oxygen atoms in total. The van der Waals surface area contributed by atoms with Crippen LogP contribution < -0.4 is 0 Å². The Morgan fingerprint density at radius 3 is 2.62 bits per heavy atom. The highest BCUT2D eigenvalue weighted by Gasteiger charge is 2.29. The van der Waals surface area contributed by atoms with Crippen LogP contribution in [0, 0.1) is 10.1 Å². The van der Waals surface area contributed by atoms with Gasteiger partial charge in [-0.25, -0.2) is 9.55 Å². The van der Waals surface area contributed by atoms with Crippen molar-refractivity contribution in [2.75, 3.05) is 27.7 Å². The molecule has 0 saturated carbocycles. The Balaban J connectivity index is 2.47. The average Bonchev–Trinajstić information content (AvgIpc) is 2.85. The van der Waals surface area contributed by atoms with Gasteiger partial charge in [0.2, 0.25) is 5.82 Å². The summed E-state index contributed by atoms with van der Waals surface area (Å²) in [6.07, 6.45) is 4.64. The number of nitro groups is 1. The normalized spacial score (nSPS) is 18.9.